The summed E-state index contributed by atoms with van der Waals surface area (Å²) in [6.07, 6.45) is 3.75. The summed E-state index contributed by atoms with van der Waals surface area (Å²) in [5, 5.41) is 14.4. The van der Waals surface area contributed by atoms with Crippen molar-refractivity contribution in [2.75, 3.05) is 25.6 Å². The number of anilines is 1. The maximum atomic E-state index is 12.7. The predicted octanol–water partition coefficient (Wildman–Crippen LogP) is 1.77. The van der Waals surface area contributed by atoms with Gasteiger partial charge in [-0.05, 0) is 31.4 Å². The van der Waals surface area contributed by atoms with E-state index in [1.165, 1.54) is 5.56 Å². The predicted molar refractivity (Wildman–Crippen MR) is 91.0 cm³/mol. The molecule has 7 heteroatoms. The SMILES string of the molecule is COCCn1cnnc1C(C)NC(=O)c1cccc2c1NCCC2. The maximum Gasteiger partial charge on any atom is 0.253 e. The summed E-state index contributed by atoms with van der Waals surface area (Å²) in [6.45, 7) is 4.04. The largest absolute Gasteiger partial charge is 0.384 e. The van der Waals surface area contributed by atoms with Gasteiger partial charge in [0.15, 0.2) is 5.82 Å². The van der Waals surface area contributed by atoms with E-state index in [1.54, 1.807) is 13.4 Å². The van der Waals surface area contributed by atoms with E-state index in [0.717, 1.165) is 30.9 Å². The Kier molecular flexibility index (Phi) is 5.10. The van der Waals surface area contributed by atoms with Gasteiger partial charge in [-0.15, -0.1) is 10.2 Å². The van der Waals surface area contributed by atoms with Gasteiger partial charge in [0.2, 0.25) is 0 Å². The first-order valence-corrected chi connectivity index (χ1v) is 8.24. The molecule has 1 aromatic carbocycles. The summed E-state index contributed by atoms with van der Waals surface area (Å²) >= 11 is 0. The van der Waals surface area contributed by atoms with Crippen molar-refractivity contribution in [3.63, 3.8) is 0 Å². The summed E-state index contributed by atoms with van der Waals surface area (Å²) in [6, 6.07) is 5.63. The highest BCUT2D eigenvalue weighted by molar-refractivity contribution is 6.00. The van der Waals surface area contributed by atoms with Crippen LogP contribution in [0.25, 0.3) is 0 Å². The number of fused-ring (bicyclic) bond motifs is 1. The van der Waals surface area contributed by atoms with E-state index in [0.29, 0.717) is 18.7 Å². The van der Waals surface area contributed by atoms with Crippen LogP contribution < -0.4 is 10.6 Å². The molecule has 2 aromatic rings. The number of amides is 1. The summed E-state index contributed by atoms with van der Waals surface area (Å²) in [5.74, 6) is 0.619. The molecule has 1 atom stereocenters. The monoisotopic (exact) mass is 329 g/mol. The summed E-state index contributed by atoms with van der Waals surface area (Å²) in [5.41, 5.74) is 2.83. The number of benzene rings is 1. The Bertz CT molecular complexity index is 713. The molecule has 0 radical (unpaired) electrons. The topological polar surface area (TPSA) is 81.1 Å². The number of aryl methyl sites for hydroxylation is 1. The molecule has 0 fully saturated rings. The van der Waals surface area contributed by atoms with Crippen LogP contribution in [0.15, 0.2) is 24.5 Å². The van der Waals surface area contributed by atoms with Crippen LogP contribution in [0.1, 0.15) is 41.1 Å². The molecular formula is C17H23N5O2. The zero-order valence-corrected chi connectivity index (χ0v) is 14.1. The van der Waals surface area contributed by atoms with E-state index in [4.69, 9.17) is 4.74 Å². The lowest BCUT2D eigenvalue weighted by Crippen LogP contribution is -2.30. The zero-order valence-electron chi connectivity index (χ0n) is 14.1. The molecule has 24 heavy (non-hydrogen) atoms. The second-order valence-electron chi connectivity index (χ2n) is 5.94. The minimum absolute atomic E-state index is 0.102. The van der Waals surface area contributed by atoms with E-state index in [2.05, 4.69) is 26.9 Å². The minimum atomic E-state index is -0.240. The number of para-hydroxylation sites is 1. The second-order valence-corrected chi connectivity index (χ2v) is 5.94. The molecule has 128 valence electrons. The normalized spacial score (nSPS) is 14.6. The average molecular weight is 329 g/mol. The Hall–Kier alpha value is -2.41. The van der Waals surface area contributed by atoms with Crippen molar-refractivity contribution in [3.8, 4) is 0 Å². The van der Waals surface area contributed by atoms with Crippen LogP contribution in [0, 0.1) is 0 Å². The number of hydrogen-bond donors (Lipinski definition) is 2. The van der Waals surface area contributed by atoms with E-state index < -0.39 is 0 Å². The van der Waals surface area contributed by atoms with Crippen molar-refractivity contribution < 1.29 is 9.53 Å². The fourth-order valence-electron chi connectivity index (χ4n) is 3.00. The molecule has 3 rings (SSSR count). The number of nitrogens with one attached hydrogen (secondary N) is 2. The van der Waals surface area contributed by atoms with E-state index in [1.807, 2.05) is 23.6 Å². The first-order valence-electron chi connectivity index (χ1n) is 8.24. The van der Waals surface area contributed by atoms with Gasteiger partial charge >= 0.3 is 0 Å². The van der Waals surface area contributed by atoms with Crippen LogP contribution in [0.3, 0.4) is 0 Å². The lowest BCUT2D eigenvalue weighted by Gasteiger charge is -2.22. The highest BCUT2D eigenvalue weighted by atomic mass is 16.5. The Balaban J connectivity index is 1.74. The summed E-state index contributed by atoms with van der Waals surface area (Å²) < 4.78 is 6.99. The minimum Gasteiger partial charge on any atom is -0.384 e. The third-order valence-electron chi connectivity index (χ3n) is 4.24. The van der Waals surface area contributed by atoms with Crippen LogP contribution >= 0.6 is 0 Å². The van der Waals surface area contributed by atoms with Gasteiger partial charge < -0.3 is 19.9 Å². The third kappa shape index (κ3) is 3.41. The molecule has 0 saturated heterocycles. The van der Waals surface area contributed by atoms with Gasteiger partial charge in [-0.3, -0.25) is 4.79 Å². The number of rotatable bonds is 6. The van der Waals surface area contributed by atoms with Gasteiger partial charge in [-0.25, -0.2) is 0 Å². The van der Waals surface area contributed by atoms with Crippen LogP contribution in [-0.4, -0.2) is 40.9 Å². The standard InChI is InChI=1S/C17H23N5O2/c1-12(16-21-19-11-22(16)9-10-24-2)20-17(23)14-7-3-5-13-6-4-8-18-15(13)14/h3,5,7,11-12,18H,4,6,8-10H2,1-2H3,(H,20,23). The average Bonchev–Trinajstić information content (AvgIpc) is 3.08. The quantitative estimate of drug-likeness (QED) is 0.844. The van der Waals surface area contributed by atoms with Crippen molar-refractivity contribution in [2.24, 2.45) is 0 Å². The Labute approximate surface area is 141 Å². The molecule has 1 unspecified atom stereocenters. The molecule has 0 bridgehead atoms. The molecular weight excluding hydrogens is 306 g/mol. The second kappa shape index (κ2) is 7.44. The van der Waals surface area contributed by atoms with Crippen molar-refractivity contribution in [1.82, 2.24) is 20.1 Å². The Morgan fingerprint density at radius 1 is 1.50 bits per heavy atom. The van der Waals surface area contributed by atoms with Crippen molar-refractivity contribution >= 4 is 11.6 Å². The van der Waals surface area contributed by atoms with Gasteiger partial charge in [0.05, 0.1) is 23.9 Å². The number of nitrogens with zero attached hydrogens (tertiary/aromatic N) is 3. The van der Waals surface area contributed by atoms with Gasteiger partial charge in [0, 0.05) is 20.2 Å². The highest BCUT2D eigenvalue weighted by Crippen LogP contribution is 2.26. The molecule has 0 spiro atoms. The summed E-state index contributed by atoms with van der Waals surface area (Å²) in [7, 11) is 1.65. The molecule has 1 aliphatic rings. The van der Waals surface area contributed by atoms with E-state index in [9.17, 15) is 4.79 Å². The maximum absolute atomic E-state index is 12.7. The van der Waals surface area contributed by atoms with Crippen molar-refractivity contribution in [1.29, 1.82) is 0 Å². The van der Waals surface area contributed by atoms with E-state index in [-0.39, 0.29) is 11.9 Å². The van der Waals surface area contributed by atoms with Crippen LogP contribution in [-0.2, 0) is 17.7 Å². The first-order chi connectivity index (χ1) is 11.7. The molecule has 0 aliphatic carbocycles. The molecule has 7 nitrogen and oxygen atoms in total. The lowest BCUT2D eigenvalue weighted by molar-refractivity contribution is 0.0938. The van der Waals surface area contributed by atoms with Crippen LogP contribution in [0.5, 0.6) is 0 Å². The van der Waals surface area contributed by atoms with Gasteiger partial charge in [0.25, 0.3) is 5.91 Å². The molecule has 2 heterocycles. The van der Waals surface area contributed by atoms with Crippen LogP contribution in [0.2, 0.25) is 0 Å². The number of hydrogen-bond acceptors (Lipinski definition) is 5. The van der Waals surface area contributed by atoms with Gasteiger partial charge in [-0.1, -0.05) is 12.1 Å². The number of ether oxygens (including phenoxy) is 1. The molecule has 1 amide bonds. The number of carbonyl (C=O) groups excluding carboxylic acids is 1. The van der Waals surface area contributed by atoms with Crippen molar-refractivity contribution in [3.05, 3.63) is 41.5 Å². The lowest BCUT2D eigenvalue weighted by atomic mass is 9.99. The third-order valence-corrected chi connectivity index (χ3v) is 4.24. The first kappa shape index (κ1) is 16.4. The zero-order chi connectivity index (χ0) is 16.9. The molecule has 1 aromatic heterocycles. The van der Waals surface area contributed by atoms with Gasteiger partial charge in [0.1, 0.15) is 6.33 Å². The fraction of sp³-hybridized carbons (Fsp3) is 0.471. The fourth-order valence-corrected chi connectivity index (χ4v) is 3.00. The number of carbonyl (C=O) groups is 1. The Morgan fingerprint density at radius 3 is 3.21 bits per heavy atom. The molecule has 1 aliphatic heterocycles. The number of methoxy groups -OCH3 is 1. The van der Waals surface area contributed by atoms with Crippen LogP contribution in [0.4, 0.5) is 5.69 Å². The Morgan fingerprint density at radius 2 is 2.38 bits per heavy atom. The molecule has 0 saturated carbocycles. The molecule has 2 N–H and O–H groups in total. The number of aromatic nitrogens is 3. The summed E-state index contributed by atoms with van der Waals surface area (Å²) in [4.78, 5) is 12.7. The van der Waals surface area contributed by atoms with Gasteiger partial charge in [-0.2, -0.15) is 0 Å². The van der Waals surface area contributed by atoms with E-state index >= 15 is 0 Å². The van der Waals surface area contributed by atoms with Crippen molar-refractivity contribution in [2.45, 2.75) is 32.4 Å². The smallest absolute Gasteiger partial charge is 0.253 e. The highest BCUT2D eigenvalue weighted by Gasteiger charge is 2.21.